The number of hydrogen-bond acceptors (Lipinski definition) is 3. The van der Waals surface area contributed by atoms with Crippen molar-refractivity contribution in [3.63, 3.8) is 0 Å². The van der Waals surface area contributed by atoms with E-state index in [4.69, 9.17) is 21.7 Å². The molecule has 0 bridgehead atoms. The summed E-state index contributed by atoms with van der Waals surface area (Å²) >= 11 is 5.37. The molecule has 0 aliphatic carbocycles. The van der Waals surface area contributed by atoms with Crippen LogP contribution in [-0.2, 0) is 0 Å². The summed E-state index contributed by atoms with van der Waals surface area (Å²) in [5, 5.41) is 7.04. The molecular formula is C19H24N2O2S. The Labute approximate surface area is 149 Å². The van der Waals surface area contributed by atoms with Crippen LogP contribution in [-0.4, -0.2) is 24.9 Å². The molecule has 4 nitrogen and oxygen atoms in total. The Morgan fingerprint density at radius 3 is 2.21 bits per heavy atom. The fourth-order valence-corrected chi connectivity index (χ4v) is 2.69. The maximum absolute atomic E-state index is 5.75. The molecular weight excluding hydrogens is 320 g/mol. The lowest BCUT2D eigenvalue weighted by Gasteiger charge is -2.18. The molecule has 2 rings (SSSR count). The summed E-state index contributed by atoms with van der Waals surface area (Å²) in [6.07, 6.45) is 0. The molecule has 1 atom stereocenters. The van der Waals surface area contributed by atoms with E-state index in [9.17, 15) is 0 Å². The van der Waals surface area contributed by atoms with Crippen molar-refractivity contribution in [2.75, 3.05) is 19.0 Å². The van der Waals surface area contributed by atoms with Crippen molar-refractivity contribution >= 4 is 23.0 Å². The van der Waals surface area contributed by atoms with Crippen LogP contribution in [0.15, 0.2) is 42.5 Å². The second-order valence-electron chi connectivity index (χ2n) is 5.86. The van der Waals surface area contributed by atoms with E-state index in [-0.39, 0.29) is 6.04 Å². The summed E-state index contributed by atoms with van der Waals surface area (Å²) in [6, 6.07) is 13.9. The highest BCUT2D eigenvalue weighted by atomic mass is 32.1. The van der Waals surface area contributed by atoms with E-state index in [1.165, 1.54) is 11.1 Å². The molecule has 5 heteroatoms. The molecule has 0 saturated carbocycles. The van der Waals surface area contributed by atoms with Gasteiger partial charge in [0.25, 0.3) is 0 Å². The van der Waals surface area contributed by atoms with Crippen molar-refractivity contribution in [2.24, 2.45) is 0 Å². The number of ether oxygens (including phenoxy) is 2. The van der Waals surface area contributed by atoms with Crippen LogP contribution in [0.2, 0.25) is 0 Å². The van der Waals surface area contributed by atoms with Gasteiger partial charge in [0.1, 0.15) is 18.1 Å². The quantitative estimate of drug-likeness (QED) is 0.774. The molecule has 0 unspecified atom stereocenters. The third kappa shape index (κ3) is 5.74. The van der Waals surface area contributed by atoms with Crippen molar-refractivity contribution < 1.29 is 9.47 Å². The maximum atomic E-state index is 5.75. The lowest BCUT2D eigenvalue weighted by molar-refractivity contribution is 0.286. The molecule has 0 amide bonds. The van der Waals surface area contributed by atoms with Crippen molar-refractivity contribution in [3.8, 4) is 11.5 Å². The second-order valence-corrected chi connectivity index (χ2v) is 6.27. The Morgan fingerprint density at radius 2 is 1.62 bits per heavy atom. The van der Waals surface area contributed by atoms with Crippen molar-refractivity contribution in [1.82, 2.24) is 5.32 Å². The van der Waals surface area contributed by atoms with Crippen molar-refractivity contribution in [1.29, 1.82) is 0 Å². The van der Waals surface area contributed by atoms with Crippen molar-refractivity contribution in [2.45, 2.75) is 26.8 Å². The predicted octanol–water partition coefficient (Wildman–Crippen LogP) is 4.07. The summed E-state index contributed by atoms with van der Waals surface area (Å²) in [5.41, 5.74) is 3.40. The van der Waals surface area contributed by atoms with E-state index >= 15 is 0 Å². The van der Waals surface area contributed by atoms with Crippen LogP contribution in [0.5, 0.6) is 11.5 Å². The number of hydrogen-bond donors (Lipinski definition) is 2. The number of methoxy groups -OCH3 is 1. The van der Waals surface area contributed by atoms with E-state index in [1.807, 2.05) is 31.2 Å². The Kier molecular flexibility index (Phi) is 6.44. The van der Waals surface area contributed by atoms with E-state index in [1.54, 1.807) is 7.11 Å². The summed E-state index contributed by atoms with van der Waals surface area (Å²) in [7, 11) is 1.64. The normalized spacial score (nSPS) is 11.5. The number of thiocarbonyl (C=S) groups is 1. The molecule has 128 valence electrons. The van der Waals surface area contributed by atoms with E-state index in [0.717, 1.165) is 17.2 Å². The predicted molar refractivity (Wildman–Crippen MR) is 103 cm³/mol. The highest BCUT2D eigenvalue weighted by Gasteiger charge is 2.06. The summed E-state index contributed by atoms with van der Waals surface area (Å²) in [5.74, 6) is 1.62. The molecule has 2 N–H and O–H groups in total. The van der Waals surface area contributed by atoms with Gasteiger partial charge < -0.3 is 20.1 Å². The van der Waals surface area contributed by atoms with E-state index in [0.29, 0.717) is 11.7 Å². The first-order chi connectivity index (χ1) is 11.5. The molecule has 2 aromatic carbocycles. The van der Waals surface area contributed by atoms with Gasteiger partial charge in [-0.25, -0.2) is 0 Å². The van der Waals surface area contributed by atoms with Gasteiger partial charge in [-0.1, -0.05) is 6.07 Å². The summed E-state index contributed by atoms with van der Waals surface area (Å²) in [4.78, 5) is 0. The number of nitrogens with one attached hydrogen (secondary N) is 2. The first-order valence-electron chi connectivity index (χ1n) is 7.89. The third-order valence-corrected chi connectivity index (χ3v) is 3.64. The van der Waals surface area contributed by atoms with Gasteiger partial charge in [0.15, 0.2) is 5.11 Å². The first-order valence-corrected chi connectivity index (χ1v) is 8.30. The van der Waals surface area contributed by atoms with Crippen LogP contribution in [0.4, 0.5) is 5.69 Å². The zero-order valence-corrected chi connectivity index (χ0v) is 15.4. The number of anilines is 1. The Morgan fingerprint density at radius 1 is 1.04 bits per heavy atom. The monoisotopic (exact) mass is 344 g/mol. The third-order valence-electron chi connectivity index (χ3n) is 3.42. The van der Waals surface area contributed by atoms with Crippen LogP contribution in [0.25, 0.3) is 0 Å². The molecule has 0 spiro atoms. The molecule has 0 radical (unpaired) electrons. The largest absolute Gasteiger partial charge is 0.497 e. The fraction of sp³-hybridized carbons (Fsp3) is 0.316. The Balaban J connectivity index is 1.80. The Bertz CT molecular complexity index is 666. The van der Waals surface area contributed by atoms with Crippen molar-refractivity contribution in [3.05, 3.63) is 53.6 Å². The van der Waals surface area contributed by atoms with Gasteiger partial charge in [-0.05, 0) is 80.5 Å². The van der Waals surface area contributed by atoms with Crippen LogP contribution < -0.4 is 20.1 Å². The van der Waals surface area contributed by atoms with Gasteiger partial charge in [0, 0.05) is 5.69 Å². The van der Waals surface area contributed by atoms with Gasteiger partial charge in [-0.15, -0.1) is 0 Å². The molecule has 0 heterocycles. The van der Waals surface area contributed by atoms with Gasteiger partial charge >= 0.3 is 0 Å². The summed E-state index contributed by atoms with van der Waals surface area (Å²) < 4.78 is 10.9. The van der Waals surface area contributed by atoms with Crippen LogP contribution in [0.3, 0.4) is 0 Å². The van der Waals surface area contributed by atoms with Crippen LogP contribution in [0.1, 0.15) is 18.1 Å². The molecule has 0 saturated heterocycles. The molecule has 0 aliphatic heterocycles. The minimum absolute atomic E-state index is 0.0815. The second kappa shape index (κ2) is 8.55. The average molecular weight is 344 g/mol. The molecule has 0 fully saturated rings. The SMILES string of the molecule is COc1ccc(OC[C@@H](C)NC(=S)Nc2cc(C)cc(C)c2)cc1. The van der Waals surface area contributed by atoms with Gasteiger partial charge in [0.05, 0.1) is 13.2 Å². The van der Waals surface area contributed by atoms with E-state index < -0.39 is 0 Å². The highest BCUT2D eigenvalue weighted by Crippen LogP contribution is 2.17. The van der Waals surface area contributed by atoms with Gasteiger partial charge in [-0.3, -0.25) is 0 Å². The molecule has 0 aliphatic rings. The molecule has 2 aromatic rings. The van der Waals surface area contributed by atoms with Gasteiger partial charge in [0.2, 0.25) is 0 Å². The number of rotatable bonds is 6. The zero-order valence-electron chi connectivity index (χ0n) is 14.6. The Hall–Kier alpha value is -2.27. The van der Waals surface area contributed by atoms with Crippen LogP contribution in [0, 0.1) is 13.8 Å². The molecule has 0 aromatic heterocycles. The fourth-order valence-electron chi connectivity index (χ4n) is 2.37. The number of benzene rings is 2. The summed E-state index contributed by atoms with van der Waals surface area (Å²) in [6.45, 7) is 6.68. The maximum Gasteiger partial charge on any atom is 0.171 e. The topological polar surface area (TPSA) is 42.5 Å². The molecule has 24 heavy (non-hydrogen) atoms. The van der Waals surface area contributed by atoms with Crippen LogP contribution >= 0.6 is 12.2 Å². The zero-order chi connectivity index (χ0) is 17.5. The minimum atomic E-state index is 0.0815. The highest BCUT2D eigenvalue weighted by molar-refractivity contribution is 7.80. The lowest BCUT2D eigenvalue weighted by atomic mass is 10.1. The minimum Gasteiger partial charge on any atom is -0.497 e. The standard InChI is InChI=1S/C19H24N2O2S/c1-13-9-14(2)11-16(10-13)21-19(24)20-15(3)12-23-18-7-5-17(22-4)6-8-18/h5-11,15H,12H2,1-4H3,(H2,20,21,24)/t15-/m1/s1. The average Bonchev–Trinajstić information content (AvgIpc) is 2.52. The number of aryl methyl sites for hydroxylation is 2. The van der Waals surface area contributed by atoms with E-state index in [2.05, 4.69) is 42.7 Å². The smallest absolute Gasteiger partial charge is 0.171 e. The van der Waals surface area contributed by atoms with Gasteiger partial charge in [-0.2, -0.15) is 0 Å². The first kappa shape index (κ1) is 18.1. The lowest BCUT2D eigenvalue weighted by Crippen LogP contribution is -2.39.